The molecule has 0 aromatic heterocycles. The molecule has 0 spiro atoms. The Bertz CT molecular complexity index is 339. The number of benzene rings is 1. The first-order chi connectivity index (χ1) is 8.61. The second kappa shape index (κ2) is 7.98. The van der Waals surface area contributed by atoms with Gasteiger partial charge in [0.05, 0.1) is 18.8 Å². The average Bonchev–Trinajstić information content (AvgIpc) is 2.35. The van der Waals surface area contributed by atoms with Crippen LogP contribution in [0, 0.1) is 0 Å². The molecule has 0 aliphatic rings. The van der Waals surface area contributed by atoms with E-state index in [9.17, 15) is 0 Å². The third kappa shape index (κ3) is 5.92. The van der Waals surface area contributed by atoms with Crippen molar-refractivity contribution in [1.82, 2.24) is 0 Å². The highest BCUT2D eigenvalue weighted by molar-refractivity contribution is 5.48. The highest BCUT2D eigenvalue weighted by atomic mass is 16.5. The number of hydrogen-bond donors (Lipinski definition) is 1. The predicted octanol–water partition coefficient (Wildman–Crippen LogP) is 3.70. The Kier molecular flexibility index (Phi) is 6.58. The third-order valence-corrected chi connectivity index (χ3v) is 2.63. The molecule has 1 unspecified atom stereocenters. The molecule has 102 valence electrons. The van der Waals surface area contributed by atoms with E-state index in [-0.39, 0.29) is 12.2 Å². The van der Waals surface area contributed by atoms with Gasteiger partial charge in [-0.05, 0) is 39.3 Å². The molecule has 18 heavy (non-hydrogen) atoms. The van der Waals surface area contributed by atoms with Crippen molar-refractivity contribution in [2.24, 2.45) is 0 Å². The molecule has 3 nitrogen and oxygen atoms in total. The van der Waals surface area contributed by atoms with Gasteiger partial charge in [-0.25, -0.2) is 0 Å². The van der Waals surface area contributed by atoms with E-state index in [4.69, 9.17) is 9.47 Å². The van der Waals surface area contributed by atoms with Crippen LogP contribution in [0.1, 0.15) is 34.1 Å². The van der Waals surface area contributed by atoms with Gasteiger partial charge >= 0.3 is 0 Å². The summed E-state index contributed by atoms with van der Waals surface area (Å²) in [5, 5.41) is 3.33. The van der Waals surface area contributed by atoms with Crippen LogP contribution in [0.3, 0.4) is 0 Å². The van der Waals surface area contributed by atoms with Crippen LogP contribution in [0.5, 0.6) is 5.75 Å². The monoisotopic (exact) mass is 251 g/mol. The lowest BCUT2D eigenvalue weighted by Gasteiger charge is -2.14. The van der Waals surface area contributed by atoms with Gasteiger partial charge in [-0.15, -0.1) is 0 Å². The van der Waals surface area contributed by atoms with Crippen LogP contribution in [-0.4, -0.2) is 25.4 Å². The molecule has 0 bridgehead atoms. The van der Waals surface area contributed by atoms with E-state index in [1.807, 2.05) is 38.1 Å². The summed E-state index contributed by atoms with van der Waals surface area (Å²) in [5.74, 6) is 0.916. The highest BCUT2D eigenvalue weighted by Crippen LogP contribution is 2.18. The van der Waals surface area contributed by atoms with Crippen LogP contribution < -0.4 is 10.1 Å². The quantitative estimate of drug-likeness (QED) is 0.715. The van der Waals surface area contributed by atoms with Crippen molar-refractivity contribution in [3.05, 3.63) is 24.3 Å². The van der Waals surface area contributed by atoms with E-state index in [0.29, 0.717) is 6.61 Å². The van der Waals surface area contributed by atoms with Crippen molar-refractivity contribution in [3.63, 3.8) is 0 Å². The molecule has 0 amide bonds. The molecular formula is C15H25NO2. The summed E-state index contributed by atoms with van der Waals surface area (Å²) in [7, 11) is 0. The summed E-state index contributed by atoms with van der Waals surface area (Å²) in [5.41, 5.74) is 1.07. The van der Waals surface area contributed by atoms with Gasteiger partial charge in [-0.1, -0.05) is 13.0 Å². The van der Waals surface area contributed by atoms with Crippen molar-refractivity contribution in [1.29, 1.82) is 0 Å². The molecule has 3 heteroatoms. The SMILES string of the molecule is CCC(C)Oc1cccc(NCCOC(C)C)c1. The average molecular weight is 251 g/mol. The van der Waals surface area contributed by atoms with Crippen LogP contribution >= 0.6 is 0 Å². The molecule has 0 saturated heterocycles. The van der Waals surface area contributed by atoms with Gasteiger partial charge in [0.25, 0.3) is 0 Å². The smallest absolute Gasteiger partial charge is 0.121 e. The minimum absolute atomic E-state index is 0.254. The Hall–Kier alpha value is -1.22. The minimum atomic E-state index is 0.254. The molecule has 1 N–H and O–H groups in total. The van der Waals surface area contributed by atoms with Crippen molar-refractivity contribution in [2.45, 2.75) is 46.3 Å². The van der Waals surface area contributed by atoms with E-state index in [1.165, 1.54) is 0 Å². The fourth-order valence-corrected chi connectivity index (χ4v) is 1.49. The first kappa shape index (κ1) is 14.8. The van der Waals surface area contributed by atoms with E-state index >= 15 is 0 Å². The van der Waals surface area contributed by atoms with Crippen molar-refractivity contribution in [2.75, 3.05) is 18.5 Å². The van der Waals surface area contributed by atoms with Gasteiger partial charge in [-0.3, -0.25) is 0 Å². The Morgan fingerprint density at radius 3 is 2.67 bits per heavy atom. The lowest BCUT2D eigenvalue weighted by Crippen LogP contribution is -2.13. The van der Waals surface area contributed by atoms with Gasteiger partial charge < -0.3 is 14.8 Å². The topological polar surface area (TPSA) is 30.5 Å². The van der Waals surface area contributed by atoms with Gasteiger partial charge in [0, 0.05) is 18.3 Å². The summed E-state index contributed by atoms with van der Waals surface area (Å²) in [4.78, 5) is 0. The number of ether oxygens (including phenoxy) is 2. The first-order valence-corrected chi connectivity index (χ1v) is 6.74. The number of nitrogens with one attached hydrogen (secondary N) is 1. The van der Waals surface area contributed by atoms with Crippen LogP contribution in [-0.2, 0) is 4.74 Å². The van der Waals surface area contributed by atoms with Crippen LogP contribution in [0.25, 0.3) is 0 Å². The number of hydrogen-bond acceptors (Lipinski definition) is 3. The van der Waals surface area contributed by atoms with Crippen LogP contribution in [0.4, 0.5) is 5.69 Å². The molecule has 0 fully saturated rings. The summed E-state index contributed by atoms with van der Waals surface area (Å²) in [6, 6.07) is 8.06. The van der Waals surface area contributed by atoms with E-state index < -0.39 is 0 Å². The Morgan fingerprint density at radius 1 is 1.22 bits per heavy atom. The van der Waals surface area contributed by atoms with E-state index in [0.717, 1.165) is 24.4 Å². The fourth-order valence-electron chi connectivity index (χ4n) is 1.49. The zero-order valence-corrected chi connectivity index (χ0v) is 11.9. The highest BCUT2D eigenvalue weighted by Gasteiger charge is 2.01. The zero-order valence-electron chi connectivity index (χ0n) is 11.9. The zero-order chi connectivity index (χ0) is 13.4. The van der Waals surface area contributed by atoms with Gasteiger partial charge in [-0.2, -0.15) is 0 Å². The number of rotatable bonds is 8. The maximum Gasteiger partial charge on any atom is 0.121 e. The molecule has 0 saturated carbocycles. The minimum Gasteiger partial charge on any atom is -0.491 e. The number of anilines is 1. The normalized spacial score (nSPS) is 12.5. The lowest BCUT2D eigenvalue weighted by molar-refractivity contribution is 0.0870. The van der Waals surface area contributed by atoms with Gasteiger partial charge in [0.1, 0.15) is 5.75 Å². The maximum absolute atomic E-state index is 5.78. The summed E-state index contributed by atoms with van der Waals surface area (Å²) in [6.45, 7) is 9.81. The maximum atomic E-state index is 5.78. The van der Waals surface area contributed by atoms with Crippen LogP contribution in [0.15, 0.2) is 24.3 Å². The summed E-state index contributed by atoms with van der Waals surface area (Å²) >= 11 is 0. The molecule has 1 rings (SSSR count). The Morgan fingerprint density at radius 2 is 2.00 bits per heavy atom. The molecule has 0 heterocycles. The Balaban J connectivity index is 2.39. The predicted molar refractivity (Wildman–Crippen MR) is 76.4 cm³/mol. The third-order valence-electron chi connectivity index (χ3n) is 2.63. The lowest BCUT2D eigenvalue weighted by atomic mass is 10.2. The molecule has 1 atom stereocenters. The van der Waals surface area contributed by atoms with Gasteiger partial charge in [0.15, 0.2) is 0 Å². The summed E-state index contributed by atoms with van der Waals surface area (Å²) in [6.07, 6.45) is 1.55. The second-order valence-corrected chi connectivity index (χ2v) is 4.71. The van der Waals surface area contributed by atoms with E-state index in [2.05, 4.69) is 19.2 Å². The first-order valence-electron chi connectivity index (χ1n) is 6.74. The summed E-state index contributed by atoms with van der Waals surface area (Å²) < 4.78 is 11.3. The molecular weight excluding hydrogens is 226 g/mol. The molecule has 0 aliphatic carbocycles. The fraction of sp³-hybridized carbons (Fsp3) is 0.600. The van der Waals surface area contributed by atoms with E-state index in [1.54, 1.807) is 0 Å². The molecule has 0 radical (unpaired) electrons. The van der Waals surface area contributed by atoms with Crippen molar-refractivity contribution < 1.29 is 9.47 Å². The van der Waals surface area contributed by atoms with Crippen LogP contribution in [0.2, 0.25) is 0 Å². The largest absolute Gasteiger partial charge is 0.491 e. The van der Waals surface area contributed by atoms with Crippen molar-refractivity contribution in [3.8, 4) is 5.75 Å². The second-order valence-electron chi connectivity index (χ2n) is 4.71. The molecule has 1 aromatic carbocycles. The Labute approximate surface area is 110 Å². The standard InChI is InChI=1S/C15H25NO2/c1-5-13(4)18-15-8-6-7-14(11-15)16-9-10-17-12(2)3/h6-8,11-13,16H,5,9-10H2,1-4H3. The molecule has 1 aromatic rings. The molecule has 0 aliphatic heterocycles. The van der Waals surface area contributed by atoms with Crippen molar-refractivity contribution >= 4 is 5.69 Å². The van der Waals surface area contributed by atoms with Gasteiger partial charge in [0.2, 0.25) is 0 Å².